The molecule has 1 aromatic heterocycles. The van der Waals surface area contributed by atoms with Crippen molar-refractivity contribution in [3.8, 4) is 22.7 Å². The highest BCUT2D eigenvalue weighted by Gasteiger charge is 2.18. The third kappa shape index (κ3) is 4.45. The molecule has 0 amide bonds. The van der Waals surface area contributed by atoms with Crippen molar-refractivity contribution >= 4 is 23.0 Å². The summed E-state index contributed by atoms with van der Waals surface area (Å²) in [7, 11) is 3.52. The molecule has 1 aliphatic rings. The highest BCUT2D eigenvalue weighted by Crippen LogP contribution is 2.29. The molecule has 4 rings (SSSR count). The molecule has 0 spiro atoms. The summed E-state index contributed by atoms with van der Waals surface area (Å²) in [5.41, 5.74) is 3.38. The zero-order chi connectivity index (χ0) is 22.7. The molecule has 0 radical (unpaired) electrons. The molecule has 2 aromatic carbocycles. The van der Waals surface area contributed by atoms with Gasteiger partial charge in [0.15, 0.2) is 0 Å². The van der Waals surface area contributed by atoms with Crippen molar-refractivity contribution in [3.63, 3.8) is 0 Å². The lowest BCUT2D eigenvalue weighted by atomic mass is 10.1. The Balaban J connectivity index is 1.89. The van der Waals surface area contributed by atoms with Crippen LogP contribution in [-0.4, -0.2) is 56.8 Å². The second-order valence-electron chi connectivity index (χ2n) is 7.61. The average molecular weight is 455 g/mol. The first-order chi connectivity index (χ1) is 15.5. The number of rotatable bonds is 6. The SMILES string of the molecule is CCN(C)c1cc(-c2cccc(OC)c2)nn(-c2cc(N3CCOCC3)ccc2Cl)c1=O. The van der Waals surface area contributed by atoms with Gasteiger partial charge in [0, 0.05) is 37.9 Å². The third-order valence-corrected chi connectivity index (χ3v) is 6.00. The minimum absolute atomic E-state index is 0.220. The predicted octanol–water partition coefficient (Wildman–Crippen LogP) is 3.85. The molecule has 0 N–H and O–H groups in total. The van der Waals surface area contributed by atoms with E-state index in [0.717, 1.165) is 30.1 Å². The molecule has 0 saturated carbocycles. The van der Waals surface area contributed by atoms with Crippen molar-refractivity contribution in [2.75, 3.05) is 56.8 Å². The standard InChI is InChI=1S/C24H27ClN4O3/c1-4-27(2)23-16-21(17-6-5-7-19(14-17)31-3)26-29(24(23)30)22-15-18(8-9-20(22)25)28-10-12-32-13-11-28/h5-9,14-16H,4,10-13H2,1-3H3. The normalized spacial score (nSPS) is 13.8. The van der Waals surface area contributed by atoms with E-state index in [1.807, 2.05) is 67.4 Å². The van der Waals surface area contributed by atoms with Crippen LogP contribution in [0.4, 0.5) is 11.4 Å². The van der Waals surface area contributed by atoms with Crippen molar-refractivity contribution in [2.45, 2.75) is 6.92 Å². The van der Waals surface area contributed by atoms with Gasteiger partial charge in [0.2, 0.25) is 0 Å². The van der Waals surface area contributed by atoms with Gasteiger partial charge in [-0.1, -0.05) is 23.7 Å². The molecule has 0 aliphatic carbocycles. The number of benzene rings is 2. The average Bonchev–Trinajstić information content (AvgIpc) is 2.84. The number of aromatic nitrogens is 2. The number of halogens is 1. The van der Waals surface area contributed by atoms with Crippen LogP contribution in [0.15, 0.2) is 53.3 Å². The lowest BCUT2D eigenvalue weighted by Crippen LogP contribution is -2.36. The van der Waals surface area contributed by atoms with Crippen LogP contribution in [0.3, 0.4) is 0 Å². The molecule has 0 atom stereocenters. The summed E-state index contributed by atoms with van der Waals surface area (Å²) < 4.78 is 12.2. The third-order valence-electron chi connectivity index (χ3n) is 5.68. The van der Waals surface area contributed by atoms with E-state index in [-0.39, 0.29) is 5.56 Å². The topological polar surface area (TPSA) is 59.8 Å². The molecule has 7 nitrogen and oxygen atoms in total. The number of hydrogen-bond acceptors (Lipinski definition) is 6. The fourth-order valence-electron chi connectivity index (χ4n) is 3.69. The first-order valence-corrected chi connectivity index (χ1v) is 11.0. The Kier molecular flexibility index (Phi) is 6.67. The summed E-state index contributed by atoms with van der Waals surface area (Å²) in [6.45, 7) is 5.60. The van der Waals surface area contributed by atoms with Gasteiger partial charge in [0.25, 0.3) is 5.56 Å². The quantitative estimate of drug-likeness (QED) is 0.563. The van der Waals surface area contributed by atoms with E-state index in [0.29, 0.717) is 41.8 Å². The largest absolute Gasteiger partial charge is 0.497 e. The van der Waals surface area contributed by atoms with E-state index >= 15 is 0 Å². The van der Waals surface area contributed by atoms with Crippen LogP contribution in [0.1, 0.15) is 6.92 Å². The fourth-order valence-corrected chi connectivity index (χ4v) is 3.89. The van der Waals surface area contributed by atoms with Gasteiger partial charge in [0.05, 0.1) is 36.7 Å². The Bertz CT molecular complexity index is 1160. The van der Waals surface area contributed by atoms with Gasteiger partial charge in [-0.25, -0.2) is 0 Å². The molecule has 0 bridgehead atoms. The first-order valence-electron chi connectivity index (χ1n) is 10.6. The Morgan fingerprint density at radius 2 is 1.94 bits per heavy atom. The number of ether oxygens (including phenoxy) is 2. The van der Waals surface area contributed by atoms with Crippen LogP contribution < -0.4 is 20.1 Å². The van der Waals surface area contributed by atoms with E-state index in [2.05, 4.69) is 4.90 Å². The molecule has 2 heterocycles. The molecular weight excluding hydrogens is 428 g/mol. The summed E-state index contributed by atoms with van der Waals surface area (Å²) in [6, 6.07) is 15.1. The van der Waals surface area contributed by atoms with Gasteiger partial charge in [-0.3, -0.25) is 4.79 Å². The maximum absolute atomic E-state index is 13.5. The van der Waals surface area contributed by atoms with Gasteiger partial charge in [-0.15, -0.1) is 0 Å². The zero-order valence-electron chi connectivity index (χ0n) is 18.5. The van der Waals surface area contributed by atoms with Crippen LogP contribution in [0.2, 0.25) is 5.02 Å². The predicted molar refractivity (Wildman–Crippen MR) is 129 cm³/mol. The Hall–Kier alpha value is -3.03. The van der Waals surface area contributed by atoms with Crippen LogP contribution in [0.5, 0.6) is 5.75 Å². The van der Waals surface area contributed by atoms with E-state index in [4.69, 9.17) is 26.2 Å². The van der Waals surface area contributed by atoms with Crippen molar-refractivity contribution in [1.29, 1.82) is 0 Å². The Morgan fingerprint density at radius 3 is 2.66 bits per heavy atom. The van der Waals surface area contributed by atoms with Gasteiger partial charge in [-0.05, 0) is 43.3 Å². The fraction of sp³-hybridized carbons (Fsp3) is 0.333. The lowest BCUT2D eigenvalue weighted by molar-refractivity contribution is 0.122. The molecule has 168 valence electrons. The molecule has 8 heteroatoms. The first kappa shape index (κ1) is 22.2. The van der Waals surface area contributed by atoms with Crippen LogP contribution in [0.25, 0.3) is 16.9 Å². The second-order valence-corrected chi connectivity index (χ2v) is 8.02. The number of hydrogen-bond donors (Lipinski definition) is 0. The summed E-state index contributed by atoms with van der Waals surface area (Å²) in [6.07, 6.45) is 0. The maximum Gasteiger partial charge on any atom is 0.295 e. The van der Waals surface area contributed by atoms with E-state index in [1.54, 1.807) is 7.11 Å². The summed E-state index contributed by atoms with van der Waals surface area (Å²) in [4.78, 5) is 17.6. The summed E-state index contributed by atoms with van der Waals surface area (Å²) in [5.74, 6) is 0.722. The minimum Gasteiger partial charge on any atom is -0.497 e. The maximum atomic E-state index is 13.5. The van der Waals surface area contributed by atoms with Crippen molar-refractivity contribution in [3.05, 3.63) is 63.9 Å². The highest BCUT2D eigenvalue weighted by molar-refractivity contribution is 6.32. The van der Waals surface area contributed by atoms with Gasteiger partial charge >= 0.3 is 0 Å². The Labute approximate surface area is 192 Å². The lowest BCUT2D eigenvalue weighted by Gasteiger charge is -2.29. The molecule has 32 heavy (non-hydrogen) atoms. The molecule has 0 unspecified atom stereocenters. The number of methoxy groups -OCH3 is 1. The van der Waals surface area contributed by atoms with Crippen LogP contribution in [0, 0.1) is 0 Å². The van der Waals surface area contributed by atoms with Gasteiger partial charge in [-0.2, -0.15) is 9.78 Å². The van der Waals surface area contributed by atoms with E-state index < -0.39 is 0 Å². The molecular formula is C24H27ClN4O3. The highest BCUT2D eigenvalue weighted by atomic mass is 35.5. The number of nitrogens with zero attached hydrogens (tertiary/aromatic N) is 4. The number of anilines is 2. The minimum atomic E-state index is -0.220. The smallest absolute Gasteiger partial charge is 0.295 e. The van der Waals surface area contributed by atoms with Crippen molar-refractivity contribution < 1.29 is 9.47 Å². The molecule has 1 aliphatic heterocycles. The number of morpholine rings is 1. The van der Waals surface area contributed by atoms with E-state index in [9.17, 15) is 4.79 Å². The van der Waals surface area contributed by atoms with Gasteiger partial charge in [0.1, 0.15) is 11.4 Å². The monoisotopic (exact) mass is 454 g/mol. The second kappa shape index (κ2) is 9.63. The summed E-state index contributed by atoms with van der Waals surface area (Å²) >= 11 is 6.58. The zero-order valence-corrected chi connectivity index (χ0v) is 19.3. The van der Waals surface area contributed by atoms with Crippen molar-refractivity contribution in [1.82, 2.24) is 9.78 Å². The van der Waals surface area contributed by atoms with E-state index in [1.165, 1.54) is 4.68 Å². The van der Waals surface area contributed by atoms with Crippen molar-refractivity contribution in [2.24, 2.45) is 0 Å². The summed E-state index contributed by atoms with van der Waals surface area (Å²) in [5, 5.41) is 5.17. The Morgan fingerprint density at radius 1 is 1.16 bits per heavy atom. The molecule has 1 fully saturated rings. The van der Waals surface area contributed by atoms with Crippen LogP contribution in [-0.2, 0) is 4.74 Å². The molecule has 1 saturated heterocycles. The van der Waals surface area contributed by atoms with Gasteiger partial charge < -0.3 is 19.3 Å². The molecule has 3 aromatic rings. The van der Waals surface area contributed by atoms with Crippen LogP contribution >= 0.6 is 11.6 Å².